The molecule has 0 atom stereocenters. The van der Waals surface area contributed by atoms with Gasteiger partial charge in [-0.1, -0.05) is 6.08 Å². The van der Waals surface area contributed by atoms with Gasteiger partial charge < -0.3 is 0 Å². The Labute approximate surface area is 65.6 Å². The number of dihydropyridines is 1. The predicted octanol–water partition coefficient (Wildman–Crippen LogP) is 1.59. The van der Waals surface area contributed by atoms with E-state index in [1.165, 1.54) is 0 Å². The van der Waals surface area contributed by atoms with Crippen molar-refractivity contribution in [3.05, 3.63) is 23.9 Å². The lowest BCUT2D eigenvalue weighted by atomic mass is 10.2. The van der Waals surface area contributed by atoms with E-state index < -0.39 is 0 Å². The van der Waals surface area contributed by atoms with E-state index in [9.17, 15) is 0 Å². The average molecular weight is 147 g/mol. The topological polar surface area (TPSA) is 37.1 Å². The van der Waals surface area contributed by atoms with Gasteiger partial charge in [-0.15, -0.1) is 5.10 Å². The fourth-order valence-electron chi connectivity index (χ4n) is 0.792. The van der Waals surface area contributed by atoms with E-state index in [-0.39, 0.29) is 0 Å². The normalized spacial score (nSPS) is 23.0. The van der Waals surface area contributed by atoms with Crippen molar-refractivity contribution in [2.24, 2.45) is 15.2 Å². The van der Waals surface area contributed by atoms with Crippen LogP contribution in [-0.4, -0.2) is 18.6 Å². The Bertz CT molecular complexity index is 269. The molecule has 0 saturated heterocycles. The summed E-state index contributed by atoms with van der Waals surface area (Å²) in [4.78, 5) is 4.08. The molecule has 0 bridgehead atoms. The Balaban J connectivity index is 2.97. The van der Waals surface area contributed by atoms with Gasteiger partial charge in [-0.3, -0.25) is 4.99 Å². The molecule has 11 heavy (non-hydrogen) atoms. The number of allylic oxidation sites excluding steroid dienone is 3. The third-order valence-corrected chi connectivity index (χ3v) is 1.27. The summed E-state index contributed by atoms with van der Waals surface area (Å²) < 4.78 is 0. The van der Waals surface area contributed by atoms with E-state index in [1.54, 1.807) is 6.21 Å². The summed E-state index contributed by atoms with van der Waals surface area (Å²) in [6.45, 7) is 5.18. The Hall–Kier alpha value is -1.51. The van der Waals surface area contributed by atoms with E-state index in [1.807, 2.05) is 25.2 Å². The average Bonchev–Trinajstić information content (AvgIpc) is 2.06. The van der Waals surface area contributed by atoms with Crippen LogP contribution in [0.2, 0.25) is 0 Å². The number of hydrogen-bond donors (Lipinski definition) is 0. The van der Waals surface area contributed by atoms with Crippen LogP contribution in [-0.2, 0) is 0 Å². The summed E-state index contributed by atoms with van der Waals surface area (Å²) >= 11 is 0. The highest BCUT2D eigenvalue weighted by molar-refractivity contribution is 6.12. The second-order valence-electron chi connectivity index (χ2n) is 1.94. The minimum absolute atomic E-state index is 0.755. The molecule has 0 N–H and O–H groups in total. The predicted molar refractivity (Wildman–Crippen MR) is 48.4 cm³/mol. The maximum absolute atomic E-state index is 4.08. The SMILES string of the molecule is C=N/N=C1/C=CC=N/C1=C/C. The smallest absolute Gasteiger partial charge is 0.111 e. The second kappa shape index (κ2) is 3.61. The van der Waals surface area contributed by atoms with Gasteiger partial charge in [0.15, 0.2) is 0 Å². The van der Waals surface area contributed by atoms with Crippen molar-refractivity contribution < 1.29 is 0 Å². The highest BCUT2D eigenvalue weighted by Crippen LogP contribution is 2.05. The maximum Gasteiger partial charge on any atom is 0.111 e. The first-order valence-electron chi connectivity index (χ1n) is 3.29. The zero-order valence-electron chi connectivity index (χ0n) is 6.36. The maximum atomic E-state index is 4.08. The Morgan fingerprint density at radius 3 is 3.09 bits per heavy atom. The first kappa shape index (κ1) is 7.60. The van der Waals surface area contributed by atoms with Crippen LogP contribution in [0.3, 0.4) is 0 Å². The van der Waals surface area contributed by atoms with Crippen LogP contribution in [0.15, 0.2) is 39.1 Å². The lowest BCUT2D eigenvalue weighted by Gasteiger charge is -2.01. The van der Waals surface area contributed by atoms with Crippen molar-refractivity contribution in [3.8, 4) is 0 Å². The molecule has 1 aliphatic rings. The van der Waals surface area contributed by atoms with Crippen LogP contribution >= 0.6 is 0 Å². The molecule has 0 amide bonds. The molecule has 0 aromatic heterocycles. The molecule has 1 rings (SSSR count). The number of hydrogen-bond acceptors (Lipinski definition) is 3. The van der Waals surface area contributed by atoms with Crippen molar-refractivity contribution in [2.75, 3.05) is 0 Å². The fraction of sp³-hybridized carbons (Fsp3) is 0.125. The molecule has 0 fully saturated rings. The summed E-state index contributed by atoms with van der Waals surface area (Å²) in [5, 5.41) is 7.23. The van der Waals surface area contributed by atoms with Gasteiger partial charge in [0.2, 0.25) is 0 Å². The Kier molecular flexibility index (Phi) is 2.49. The molecule has 3 heteroatoms. The number of rotatable bonds is 1. The van der Waals surface area contributed by atoms with Gasteiger partial charge in [0.25, 0.3) is 0 Å². The van der Waals surface area contributed by atoms with Gasteiger partial charge in [0.05, 0.1) is 5.70 Å². The number of aliphatic imine (C=N–C) groups is 1. The molecule has 0 unspecified atom stereocenters. The molecule has 0 saturated carbocycles. The lowest BCUT2D eigenvalue weighted by molar-refractivity contribution is 1.24. The van der Waals surface area contributed by atoms with Crippen molar-refractivity contribution in [1.29, 1.82) is 0 Å². The molecule has 56 valence electrons. The summed E-state index contributed by atoms with van der Waals surface area (Å²) in [6.07, 6.45) is 7.26. The highest BCUT2D eigenvalue weighted by atomic mass is 15.2. The second-order valence-corrected chi connectivity index (χ2v) is 1.94. The van der Waals surface area contributed by atoms with Gasteiger partial charge in [0.1, 0.15) is 5.71 Å². The molecule has 0 aromatic carbocycles. The number of nitrogens with zero attached hydrogens (tertiary/aromatic N) is 3. The summed E-state index contributed by atoms with van der Waals surface area (Å²) in [5.74, 6) is 0. The Morgan fingerprint density at radius 1 is 1.64 bits per heavy atom. The molecular weight excluding hydrogens is 138 g/mol. The van der Waals surface area contributed by atoms with E-state index >= 15 is 0 Å². The van der Waals surface area contributed by atoms with Crippen molar-refractivity contribution in [1.82, 2.24) is 0 Å². The molecule has 0 aromatic rings. The van der Waals surface area contributed by atoms with Gasteiger partial charge in [-0.2, -0.15) is 5.10 Å². The zero-order valence-corrected chi connectivity index (χ0v) is 6.36. The van der Waals surface area contributed by atoms with Crippen LogP contribution in [0.25, 0.3) is 0 Å². The van der Waals surface area contributed by atoms with Gasteiger partial charge >= 0.3 is 0 Å². The fourth-order valence-corrected chi connectivity index (χ4v) is 0.792. The summed E-state index contributed by atoms with van der Waals surface area (Å²) in [7, 11) is 0. The van der Waals surface area contributed by atoms with Crippen LogP contribution < -0.4 is 0 Å². The minimum atomic E-state index is 0.755. The van der Waals surface area contributed by atoms with E-state index in [0.29, 0.717) is 0 Å². The van der Waals surface area contributed by atoms with E-state index in [0.717, 1.165) is 11.4 Å². The standard InChI is InChI=1S/C8H9N3/c1-3-7-8(11-9-2)5-4-6-10-7/h3-6H,2H2,1H3/b7-3+,11-8-. The van der Waals surface area contributed by atoms with Gasteiger partial charge in [-0.25, -0.2) is 0 Å². The first-order valence-corrected chi connectivity index (χ1v) is 3.29. The molecule has 0 spiro atoms. The molecule has 0 aliphatic carbocycles. The Morgan fingerprint density at radius 2 is 2.45 bits per heavy atom. The quantitative estimate of drug-likeness (QED) is 0.399. The van der Waals surface area contributed by atoms with Crippen LogP contribution in [0.4, 0.5) is 0 Å². The van der Waals surface area contributed by atoms with Crippen molar-refractivity contribution >= 4 is 18.6 Å². The van der Waals surface area contributed by atoms with Crippen LogP contribution in [0.1, 0.15) is 6.92 Å². The molecule has 3 nitrogen and oxygen atoms in total. The zero-order chi connectivity index (χ0) is 8.10. The van der Waals surface area contributed by atoms with Gasteiger partial charge in [0, 0.05) is 12.9 Å². The molecular formula is C8H9N3. The van der Waals surface area contributed by atoms with Gasteiger partial charge in [-0.05, 0) is 19.1 Å². The molecule has 1 aliphatic heterocycles. The van der Waals surface area contributed by atoms with Crippen LogP contribution in [0.5, 0.6) is 0 Å². The van der Waals surface area contributed by atoms with Crippen molar-refractivity contribution in [3.63, 3.8) is 0 Å². The summed E-state index contributed by atoms with van der Waals surface area (Å²) in [5.41, 5.74) is 1.59. The highest BCUT2D eigenvalue weighted by Gasteiger charge is 2.02. The van der Waals surface area contributed by atoms with E-state index in [4.69, 9.17) is 0 Å². The van der Waals surface area contributed by atoms with Crippen LogP contribution in [0, 0.1) is 0 Å². The summed E-state index contributed by atoms with van der Waals surface area (Å²) in [6, 6.07) is 0. The van der Waals surface area contributed by atoms with Crippen molar-refractivity contribution in [2.45, 2.75) is 6.92 Å². The third-order valence-electron chi connectivity index (χ3n) is 1.27. The monoisotopic (exact) mass is 147 g/mol. The minimum Gasteiger partial charge on any atom is -0.255 e. The first-order chi connectivity index (χ1) is 5.38. The third kappa shape index (κ3) is 1.70. The van der Waals surface area contributed by atoms with E-state index in [2.05, 4.69) is 21.9 Å². The lowest BCUT2D eigenvalue weighted by Crippen LogP contribution is -2.00. The largest absolute Gasteiger partial charge is 0.255 e. The molecule has 0 radical (unpaired) electrons. The molecule has 1 heterocycles.